The lowest BCUT2D eigenvalue weighted by molar-refractivity contribution is 0.451. The number of halogens is 6. The first-order chi connectivity index (χ1) is 14.7. The van der Waals surface area contributed by atoms with Crippen LogP contribution in [0.4, 0.5) is 26.3 Å². The maximum absolute atomic E-state index is 14.7. The third kappa shape index (κ3) is 3.87. The first-order valence-corrected chi connectivity index (χ1v) is 9.09. The quantitative estimate of drug-likeness (QED) is 0.174. The summed E-state index contributed by atoms with van der Waals surface area (Å²) in [4.78, 5) is 0. The molecule has 0 fully saturated rings. The molecule has 0 heterocycles. The van der Waals surface area contributed by atoms with Crippen molar-refractivity contribution in [3.63, 3.8) is 0 Å². The molecule has 4 rings (SSSR count). The Hall–Kier alpha value is -3.72. The lowest BCUT2D eigenvalue weighted by atomic mass is 9.98. The van der Waals surface area contributed by atoms with Crippen LogP contribution in [0.1, 0.15) is 16.7 Å². The topological polar surface area (TPSA) is 0 Å². The molecule has 4 aromatic carbocycles. The minimum Gasteiger partial charge on any atom is -0.206 e. The lowest BCUT2D eigenvalue weighted by Crippen LogP contribution is -1.96. The number of rotatable bonds is 1. The van der Waals surface area contributed by atoms with E-state index in [0.717, 1.165) is 23.8 Å². The minimum atomic E-state index is -1.78. The highest BCUT2D eigenvalue weighted by atomic mass is 19.2. The first-order valence-electron chi connectivity index (χ1n) is 9.09. The average molecular weight is 426 g/mol. The van der Waals surface area contributed by atoms with Crippen LogP contribution in [0.25, 0.3) is 21.9 Å². The molecule has 0 N–H and O–H groups in total. The van der Waals surface area contributed by atoms with Crippen molar-refractivity contribution in [3.05, 3.63) is 106 Å². The number of benzene rings is 4. The summed E-state index contributed by atoms with van der Waals surface area (Å²) in [5.74, 6) is -2.03. The highest BCUT2D eigenvalue weighted by Gasteiger charge is 2.18. The van der Waals surface area contributed by atoms with Crippen LogP contribution in [0.2, 0.25) is 0 Å². The fraction of sp³-hybridized carbons (Fsp3) is 0.0400. The molecule has 0 aliphatic rings. The van der Waals surface area contributed by atoms with Crippen molar-refractivity contribution in [2.45, 2.75) is 6.92 Å². The van der Waals surface area contributed by atoms with E-state index in [9.17, 15) is 26.3 Å². The van der Waals surface area contributed by atoms with E-state index in [4.69, 9.17) is 0 Å². The molecule has 154 valence electrons. The summed E-state index contributed by atoms with van der Waals surface area (Å²) in [6, 6.07) is 11.1. The van der Waals surface area contributed by atoms with Crippen LogP contribution >= 0.6 is 0 Å². The molecule has 0 aliphatic heterocycles. The second-order valence-corrected chi connectivity index (χ2v) is 6.97. The van der Waals surface area contributed by atoms with Gasteiger partial charge in [0.1, 0.15) is 17.5 Å². The molecule has 0 saturated carbocycles. The van der Waals surface area contributed by atoms with Gasteiger partial charge in [-0.1, -0.05) is 24.0 Å². The van der Waals surface area contributed by atoms with E-state index in [0.29, 0.717) is 6.07 Å². The van der Waals surface area contributed by atoms with Crippen molar-refractivity contribution >= 4 is 10.8 Å². The van der Waals surface area contributed by atoms with Gasteiger partial charge in [0.2, 0.25) is 0 Å². The second-order valence-electron chi connectivity index (χ2n) is 6.97. The maximum atomic E-state index is 14.7. The second kappa shape index (κ2) is 7.84. The van der Waals surface area contributed by atoms with Crippen molar-refractivity contribution in [1.29, 1.82) is 0 Å². The molecule has 0 nitrogen and oxygen atoms in total. The minimum absolute atomic E-state index is 0.0111. The van der Waals surface area contributed by atoms with E-state index in [2.05, 4.69) is 11.8 Å². The summed E-state index contributed by atoms with van der Waals surface area (Å²) in [5.41, 5.74) is 1.11. The van der Waals surface area contributed by atoms with Crippen molar-refractivity contribution in [1.82, 2.24) is 0 Å². The molecule has 0 bridgehead atoms. The Balaban J connectivity index is 1.74. The Morgan fingerprint density at radius 1 is 0.613 bits per heavy atom. The summed E-state index contributed by atoms with van der Waals surface area (Å²) in [6.45, 7) is 1.74. The molecule has 6 heteroatoms. The van der Waals surface area contributed by atoms with Gasteiger partial charge < -0.3 is 0 Å². The molecule has 0 amide bonds. The predicted molar refractivity (Wildman–Crippen MR) is 106 cm³/mol. The summed E-state index contributed by atoms with van der Waals surface area (Å²) in [7, 11) is 0. The van der Waals surface area contributed by atoms with Gasteiger partial charge in [0.15, 0.2) is 17.5 Å². The zero-order valence-electron chi connectivity index (χ0n) is 16.0. The molecule has 0 saturated heterocycles. The Kier molecular flexibility index (Phi) is 5.20. The summed E-state index contributed by atoms with van der Waals surface area (Å²) >= 11 is 0. The highest BCUT2D eigenvalue weighted by Crippen LogP contribution is 2.32. The molecule has 0 spiro atoms. The molecular formula is C25H12F6. The summed E-state index contributed by atoms with van der Waals surface area (Å²) in [6.07, 6.45) is 0. The normalized spacial score (nSPS) is 10.8. The van der Waals surface area contributed by atoms with Gasteiger partial charge in [0.25, 0.3) is 0 Å². The van der Waals surface area contributed by atoms with E-state index in [1.807, 2.05) is 0 Å². The Labute approximate surface area is 173 Å². The highest BCUT2D eigenvalue weighted by molar-refractivity contribution is 5.88. The fourth-order valence-corrected chi connectivity index (χ4v) is 3.23. The van der Waals surface area contributed by atoms with E-state index in [-0.39, 0.29) is 27.6 Å². The molecule has 0 aliphatic carbocycles. The van der Waals surface area contributed by atoms with Gasteiger partial charge in [0.05, 0.1) is 10.9 Å². The molecule has 0 radical (unpaired) electrons. The number of aryl methyl sites for hydroxylation is 1. The number of hydrogen-bond donors (Lipinski definition) is 0. The standard InChI is InChI=1S/C25H12F6/c1-13-2-5-15(19(26)8-13)6-3-14-4-7-18(20(27)9-14)16-10-17-12-22(29)24(30)25(31)23(17)21(28)11-16/h2,4-5,7-12H,1H3. The van der Waals surface area contributed by atoms with Crippen molar-refractivity contribution in [3.8, 4) is 23.0 Å². The van der Waals surface area contributed by atoms with E-state index < -0.39 is 40.3 Å². The van der Waals surface area contributed by atoms with Crippen LogP contribution in [0.15, 0.2) is 54.6 Å². The van der Waals surface area contributed by atoms with Crippen molar-refractivity contribution in [2.75, 3.05) is 0 Å². The molecule has 0 aromatic heterocycles. The van der Waals surface area contributed by atoms with Crippen molar-refractivity contribution < 1.29 is 26.3 Å². The van der Waals surface area contributed by atoms with Crippen LogP contribution in [0.3, 0.4) is 0 Å². The van der Waals surface area contributed by atoms with Crippen LogP contribution < -0.4 is 0 Å². The predicted octanol–water partition coefficient (Wildman–Crippen LogP) is 7.05. The number of fused-ring (bicyclic) bond motifs is 1. The van der Waals surface area contributed by atoms with Crippen LogP contribution in [-0.4, -0.2) is 0 Å². The lowest BCUT2D eigenvalue weighted by Gasteiger charge is -2.09. The molecular weight excluding hydrogens is 414 g/mol. The maximum Gasteiger partial charge on any atom is 0.195 e. The van der Waals surface area contributed by atoms with Gasteiger partial charge in [-0.15, -0.1) is 0 Å². The number of hydrogen-bond acceptors (Lipinski definition) is 0. The van der Waals surface area contributed by atoms with E-state index in [1.165, 1.54) is 24.3 Å². The Morgan fingerprint density at radius 3 is 2.10 bits per heavy atom. The van der Waals surface area contributed by atoms with Crippen LogP contribution in [-0.2, 0) is 0 Å². The summed E-state index contributed by atoms with van der Waals surface area (Å²) < 4.78 is 83.8. The Morgan fingerprint density at radius 2 is 1.39 bits per heavy atom. The molecule has 0 unspecified atom stereocenters. The average Bonchev–Trinajstić information content (AvgIpc) is 2.71. The van der Waals surface area contributed by atoms with E-state index >= 15 is 0 Å². The monoisotopic (exact) mass is 426 g/mol. The SMILES string of the molecule is Cc1ccc(C#Cc2ccc(-c3cc(F)c4c(F)c(F)c(F)cc4c3)c(F)c2)c(F)c1. The first kappa shape index (κ1) is 20.5. The molecule has 31 heavy (non-hydrogen) atoms. The summed E-state index contributed by atoms with van der Waals surface area (Å²) in [5, 5.41) is -0.963. The zero-order valence-corrected chi connectivity index (χ0v) is 16.0. The van der Waals surface area contributed by atoms with E-state index in [1.54, 1.807) is 13.0 Å². The van der Waals surface area contributed by atoms with Crippen LogP contribution in [0, 0.1) is 53.7 Å². The largest absolute Gasteiger partial charge is 0.206 e. The zero-order chi connectivity index (χ0) is 22.3. The fourth-order valence-electron chi connectivity index (χ4n) is 3.23. The van der Waals surface area contributed by atoms with Crippen molar-refractivity contribution in [2.24, 2.45) is 0 Å². The van der Waals surface area contributed by atoms with Gasteiger partial charge in [0, 0.05) is 11.1 Å². The van der Waals surface area contributed by atoms with Gasteiger partial charge in [-0.25, -0.2) is 26.3 Å². The third-order valence-corrected chi connectivity index (χ3v) is 4.77. The molecule has 0 atom stereocenters. The van der Waals surface area contributed by atoms with Gasteiger partial charge >= 0.3 is 0 Å². The third-order valence-electron chi connectivity index (χ3n) is 4.77. The smallest absolute Gasteiger partial charge is 0.195 e. The van der Waals surface area contributed by atoms with Gasteiger partial charge in [-0.2, -0.15) is 0 Å². The Bertz CT molecular complexity index is 1410. The van der Waals surface area contributed by atoms with Crippen LogP contribution in [0.5, 0.6) is 0 Å². The van der Waals surface area contributed by atoms with Gasteiger partial charge in [-0.05, 0) is 65.9 Å². The van der Waals surface area contributed by atoms with Gasteiger partial charge in [-0.3, -0.25) is 0 Å². The molecule has 4 aromatic rings.